The van der Waals surface area contributed by atoms with Gasteiger partial charge in [0.05, 0.1) is 17.8 Å². The maximum atomic E-state index is 10.2. The molecule has 2 saturated carbocycles. The minimum Gasteiger partial charge on any atom is -0.393 e. The summed E-state index contributed by atoms with van der Waals surface area (Å²) in [6.45, 7) is 5.02. The molecule has 2 aromatic rings. The molecular formula is C25H31N3O. The van der Waals surface area contributed by atoms with E-state index in [0.29, 0.717) is 5.41 Å². The molecule has 1 N–H and O–H groups in total. The van der Waals surface area contributed by atoms with E-state index in [-0.39, 0.29) is 11.5 Å². The number of fused-ring (bicyclic) bond motifs is 6. The third-order valence-electron chi connectivity index (χ3n) is 9.28. The SMILES string of the molecule is CC12CCC3C(CC=C4C[C@@H](O)CC[C@@]43C)C1CC=C2c1cnn2cnccc12. The number of nitrogens with zero attached hydrogens (tertiary/aromatic N) is 3. The molecule has 6 rings (SSSR count). The lowest BCUT2D eigenvalue weighted by Gasteiger charge is -2.57. The van der Waals surface area contributed by atoms with Crippen LogP contribution in [0.15, 0.2) is 42.5 Å². The highest BCUT2D eigenvalue weighted by Crippen LogP contribution is 2.66. The van der Waals surface area contributed by atoms with Gasteiger partial charge in [0.25, 0.3) is 0 Å². The standard InChI is InChI=1S/C25H31N3O/c1-24-10-7-17(29)13-16(24)3-4-18-20-5-6-21(25(20,2)11-8-22(18)24)19-14-27-28-15-26-12-9-23(19)28/h3,6,9,12,14-15,17-18,20,22,29H,4-5,7-8,10-11,13H2,1-2H3/t17-,18?,20?,22?,24-,25?/m0/s1. The molecule has 29 heavy (non-hydrogen) atoms. The Bertz CT molecular complexity index is 1040. The normalized spacial score (nSPS) is 41.3. The van der Waals surface area contributed by atoms with Crippen LogP contribution in [0.2, 0.25) is 0 Å². The van der Waals surface area contributed by atoms with Gasteiger partial charge in [-0.25, -0.2) is 9.50 Å². The molecule has 0 bridgehead atoms. The summed E-state index contributed by atoms with van der Waals surface area (Å²) in [4.78, 5) is 4.21. The van der Waals surface area contributed by atoms with Gasteiger partial charge in [0, 0.05) is 11.8 Å². The zero-order valence-electron chi connectivity index (χ0n) is 17.5. The molecule has 4 nitrogen and oxygen atoms in total. The van der Waals surface area contributed by atoms with Crippen molar-refractivity contribution in [2.45, 2.75) is 64.9 Å². The average Bonchev–Trinajstić information content (AvgIpc) is 3.29. The van der Waals surface area contributed by atoms with Crippen LogP contribution >= 0.6 is 0 Å². The quantitative estimate of drug-likeness (QED) is 0.695. The number of hydrogen-bond acceptors (Lipinski definition) is 3. The van der Waals surface area contributed by atoms with E-state index in [0.717, 1.165) is 37.0 Å². The molecule has 0 aliphatic heterocycles. The molecule has 4 aliphatic rings. The van der Waals surface area contributed by atoms with Crippen LogP contribution in [0, 0.1) is 28.6 Å². The van der Waals surface area contributed by atoms with E-state index < -0.39 is 0 Å². The van der Waals surface area contributed by atoms with Crippen molar-refractivity contribution in [1.29, 1.82) is 0 Å². The van der Waals surface area contributed by atoms with Crippen LogP contribution in [0.1, 0.15) is 64.4 Å². The Morgan fingerprint density at radius 2 is 1.93 bits per heavy atom. The van der Waals surface area contributed by atoms with Gasteiger partial charge in [-0.1, -0.05) is 31.6 Å². The van der Waals surface area contributed by atoms with Gasteiger partial charge in [-0.05, 0) is 85.2 Å². The molecule has 2 heterocycles. The molecule has 0 aromatic carbocycles. The Morgan fingerprint density at radius 1 is 1.07 bits per heavy atom. The second-order valence-electron chi connectivity index (χ2n) is 10.4. The van der Waals surface area contributed by atoms with Crippen LogP contribution in [0.25, 0.3) is 11.1 Å². The summed E-state index contributed by atoms with van der Waals surface area (Å²) in [6.07, 6.45) is 18.6. The molecule has 2 aromatic heterocycles. The predicted molar refractivity (Wildman–Crippen MR) is 114 cm³/mol. The van der Waals surface area contributed by atoms with Crippen molar-refractivity contribution in [2.24, 2.45) is 28.6 Å². The molecule has 0 radical (unpaired) electrons. The average molecular weight is 390 g/mol. The fraction of sp³-hybridized carbons (Fsp3) is 0.600. The second kappa shape index (κ2) is 6.04. The molecular weight excluding hydrogens is 358 g/mol. The van der Waals surface area contributed by atoms with Crippen molar-refractivity contribution in [3.63, 3.8) is 0 Å². The zero-order chi connectivity index (χ0) is 19.8. The van der Waals surface area contributed by atoms with Gasteiger partial charge in [0.15, 0.2) is 0 Å². The molecule has 4 heteroatoms. The number of aliphatic hydroxyl groups is 1. The van der Waals surface area contributed by atoms with Crippen LogP contribution < -0.4 is 0 Å². The Hall–Kier alpha value is -1.94. The van der Waals surface area contributed by atoms with Crippen LogP contribution in [0.5, 0.6) is 0 Å². The van der Waals surface area contributed by atoms with E-state index in [1.165, 1.54) is 42.3 Å². The molecule has 152 valence electrons. The topological polar surface area (TPSA) is 50.4 Å². The van der Waals surface area contributed by atoms with Gasteiger partial charge in [0.1, 0.15) is 6.33 Å². The summed E-state index contributed by atoms with van der Waals surface area (Å²) in [6, 6.07) is 2.09. The Labute approximate surface area is 172 Å². The number of hydrogen-bond donors (Lipinski definition) is 1. The van der Waals surface area contributed by atoms with Crippen molar-refractivity contribution >= 4 is 11.1 Å². The Morgan fingerprint density at radius 3 is 2.83 bits per heavy atom. The number of allylic oxidation sites excluding steroid dienone is 3. The van der Waals surface area contributed by atoms with Crippen molar-refractivity contribution in [3.05, 3.63) is 48.1 Å². The number of aliphatic hydroxyl groups excluding tert-OH is 1. The monoisotopic (exact) mass is 389 g/mol. The van der Waals surface area contributed by atoms with E-state index in [9.17, 15) is 5.11 Å². The molecule has 0 amide bonds. The van der Waals surface area contributed by atoms with Crippen molar-refractivity contribution < 1.29 is 5.11 Å². The van der Waals surface area contributed by atoms with Crippen LogP contribution in [0.3, 0.4) is 0 Å². The summed E-state index contributed by atoms with van der Waals surface area (Å²) < 4.78 is 1.91. The third-order valence-corrected chi connectivity index (χ3v) is 9.28. The van der Waals surface area contributed by atoms with Crippen LogP contribution in [0.4, 0.5) is 0 Å². The summed E-state index contributed by atoms with van der Waals surface area (Å²) >= 11 is 0. The van der Waals surface area contributed by atoms with Gasteiger partial charge in [-0.15, -0.1) is 0 Å². The Balaban J connectivity index is 1.36. The smallest absolute Gasteiger partial charge is 0.117 e. The lowest BCUT2D eigenvalue weighted by Crippen LogP contribution is -2.49. The highest BCUT2D eigenvalue weighted by Gasteiger charge is 2.56. The van der Waals surface area contributed by atoms with Crippen molar-refractivity contribution in [1.82, 2.24) is 14.6 Å². The lowest BCUT2D eigenvalue weighted by atomic mass is 9.47. The van der Waals surface area contributed by atoms with E-state index in [1.54, 1.807) is 11.9 Å². The molecule has 2 fully saturated rings. The van der Waals surface area contributed by atoms with Crippen molar-refractivity contribution in [3.8, 4) is 0 Å². The van der Waals surface area contributed by atoms with E-state index >= 15 is 0 Å². The fourth-order valence-corrected chi connectivity index (χ4v) is 7.68. The molecule has 6 atom stereocenters. The minimum atomic E-state index is -0.121. The number of rotatable bonds is 1. The highest BCUT2D eigenvalue weighted by molar-refractivity contribution is 5.82. The first-order valence-corrected chi connectivity index (χ1v) is 11.4. The van der Waals surface area contributed by atoms with Crippen LogP contribution in [-0.4, -0.2) is 25.8 Å². The largest absolute Gasteiger partial charge is 0.393 e. The first-order chi connectivity index (χ1) is 14.0. The minimum absolute atomic E-state index is 0.121. The van der Waals surface area contributed by atoms with Gasteiger partial charge in [-0.3, -0.25) is 0 Å². The van der Waals surface area contributed by atoms with E-state index in [4.69, 9.17) is 0 Å². The predicted octanol–water partition coefficient (Wildman–Crippen LogP) is 5.05. The summed E-state index contributed by atoms with van der Waals surface area (Å²) in [5, 5.41) is 14.8. The fourth-order valence-electron chi connectivity index (χ4n) is 7.68. The molecule has 4 aliphatic carbocycles. The van der Waals surface area contributed by atoms with Gasteiger partial charge in [-0.2, -0.15) is 5.10 Å². The second-order valence-corrected chi connectivity index (χ2v) is 10.4. The Kier molecular flexibility index (Phi) is 3.72. The highest BCUT2D eigenvalue weighted by atomic mass is 16.3. The molecule has 0 spiro atoms. The van der Waals surface area contributed by atoms with E-state index in [2.05, 4.69) is 42.1 Å². The van der Waals surface area contributed by atoms with Gasteiger partial charge < -0.3 is 5.11 Å². The summed E-state index contributed by atoms with van der Waals surface area (Å²) in [7, 11) is 0. The van der Waals surface area contributed by atoms with Crippen molar-refractivity contribution in [2.75, 3.05) is 0 Å². The van der Waals surface area contributed by atoms with Crippen LogP contribution in [-0.2, 0) is 0 Å². The first-order valence-electron chi connectivity index (χ1n) is 11.4. The maximum absolute atomic E-state index is 10.2. The zero-order valence-corrected chi connectivity index (χ0v) is 17.5. The maximum Gasteiger partial charge on any atom is 0.117 e. The molecule has 4 unspecified atom stereocenters. The number of aromatic nitrogens is 3. The molecule has 0 saturated heterocycles. The van der Waals surface area contributed by atoms with Gasteiger partial charge in [0.2, 0.25) is 0 Å². The van der Waals surface area contributed by atoms with Gasteiger partial charge >= 0.3 is 0 Å². The summed E-state index contributed by atoms with van der Waals surface area (Å²) in [5.74, 6) is 2.25. The van der Waals surface area contributed by atoms with E-state index in [1.807, 2.05) is 16.9 Å². The first kappa shape index (κ1) is 17.9. The summed E-state index contributed by atoms with van der Waals surface area (Å²) in [5.41, 5.74) is 6.10. The lowest BCUT2D eigenvalue weighted by molar-refractivity contribution is -0.0237. The third kappa shape index (κ3) is 2.35.